The van der Waals surface area contributed by atoms with Gasteiger partial charge in [-0.1, -0.05) is 5.92 Å². The number of nitriles is 1. The first-order valence-corrected chi connectivity index (χ1v) is 4.55. The lowest BCUT2D eigenvalue weighted by molar-refractivity contribution is 0.402. The van der Waals surface area contributed by atoms with Crippen LogP contribution >= 0.6 is 0 Å². The highest BCUT2D eigenvalue weighted by Crippen LogP contribution is 2.25. The Hall–Kier alpha value is -2.39. The Labute approximate surface area is 94.9 Å². The van der Waals surface area contributed by atoms with Crippen molar-refractivity contribution in [1.82, 2.24) is 0 Å². The van der Waals surface area contributed by atoms with Gasteiger partial charge >= 0.3 is 0 Å². The lowest BCUT2D eigenvalue weighted by atomic mass is 10.1. The monoisotopic (exact) mass is 213 g/mol. The first-order valence-electron chi connectivity index (χ1n) is 4.55. The smallest absolute Gasteiger partial charge is 0.126 e. The quantitative estimate of drug-likeness (QED) is 0.571. The maximum atomic E-state index is 8.74. The van der Waals surface area contributed by atoms with Gasteiger partial charge < -0.3 is 9.47 Å². The fourth-order valence-electron chi connectivity index (χ4n) is 1.21. The maximum Gasteiger partial charge on any atom is 0.126 e. The summed E-state index contributed by atoms with van der Waals surface area (Å²) in [5.41, 5.74) is 0.961. The summed E-state index contributed by atoms with van der Waals surface area (Å²) in [5, 5.41) is 8.74. The molecule has 1 rings (SSSR count). The Kier molecular flexibility index (Phi) is 4.00. The normalized spacial score (nSPS) is 10.1. The van der Waals surface area contributed by atoms with E-state index < -0.39 is 0 Å². The number of benzene rings is 1. The van der Waals surface area contributed by atoms with Crippen LogP contribution in [0.2, 0.25) is 0 Å². The molecule has 0 aromatic heterocycles. The van der Waals surface area contributed by atoms with Crippen molar-refractivity contribution in [2.75, 3.05) is 14.2 Å². The van der Waals surface area contributed by atoms with Crippen molar-refractivity contribution in [1.29, 1.82) is 5.26 Å². The molecular formula is C13H11NO2. The van der Waals surface area contributed by atoms with Gasteiger partial charge in [-0.05, 0) is 24.3 Å². The van der Waals surface area contributed by atoms with E-state index in [0.29, 0.717) is 11.5 Å². The largest absolute Gasteiger partial charge is 0.497 e. The zero-order valence-electron chi connectivity index (χ0n) is 9.15. The zero-order valence-corrected chi connectivity index (χ0v) is 9.15. The molecule has 0 bridgehead atoms. The van der Waals surface area contributed by atoms with Crippen LogP contribution in [0.4, 0.5) is 0 Å². The van der Waals surface area contributed by atoms with Crippen molar-refractivity contribution in [3.05, 3.63) is 29.3 Å². The van der Waals surface area contributed by atoms with E-state index in [1.807, 2.05) is 6.07 Å². The van der Waals surface area contributed by atoms with Crippen molar-refractivity contribution in [3.63, 3.8) is 0 Å². The molecule has 3 heteroatoms. The van der Waals surface area contributed by atoms with E-state index in [4.69, 9.17) is 21.2 Å². The third-order valence-electron chi connectivity index (χ3n) is 2.01. The number of hydrogen-bond acceptors (Lipinski definition) is 3. The summed E-state index contributed by atoms with van der Waals surface area (Å²) in [5.74, 6) is 3.62. The number of nitrogens with zero attached hydrogens (tertiary/aromatic N) is 1. The van der Waals surface area contributed by atoms with Crippen LogP contribution in [0.3, 0.4) is 0 Å². The van der Waals surface area contributed by atoms with E-state index in [2.05, 4.69) is 5.92 Å². The van der Waals surface area contributed by atoms with Gasteiger partial charge in [-0.3, -0.25) is 0 Å². The number of allylic oxidation sites excluding steroid dienone is 1. The Morgan fingerprint density at radius 3 is 2.62 bits per heavy atom. The molecule has 0 spiro atoms. The molecule has 0 heterocycles. The average molecular weight is 213 g/mol. The SMILES string of the molecule is C#C/C(C#N)=C/c1cc(OC)ccc1OC. The Balaban J connectivity index is 3.26. The molecule has 0 aliphatic carbocycles. The molecule has 80 valence electrons. The minimum atomic E-state index is 0.242. The highest BCUT2D eigenvalue weighted by molar-refractivity contribution is 5.68. The fraction of sp³-hybridized carbons (Fsp3) is 0.154. The molecule has 0 aliphatic heterocycles. The van der Waals surface area contributed by atoms with Crippen LogP contribution in [0.1, 0.15) is 5.56 Å². The van der Waals surface area contributed by atoms with Crippen LogP contribution < -0.4 is 9.47 Å². The lowest BCUT2D eigenvalue weighted by Gasteiger charge is -2.06. The maximum absolute atomic E-state index is 8.74. The van der Waals surface area contributed by atoms with Crippen LogP contribution in [0.5, 0.6) is 11.5 Å². The van der Waals surface area contributed by atoms with Crippen molar-refractivity contribution >= 4 is 6.08 Å². The van der Waals surface area contributed by atoms with Gasteiger partial charge in [0.15, 0.2) is 0 Å². The number of hydrogen-bond donors (Lipinski definition) is 0. The predicted octanol–water partition coefficient (Wildman–Crippen LogP) is 2.24. The Morgan fingerprint density at radius 1 is 1.38 bits per heavy atom. The van der Waals surface area contributed by atoms with E-state index >= 15 is 0 Å². The van der Waals surface area contributed by atoms with E-state index in [9.17, 15) is 0 Å². The molecule has 0 saturated heterocycles. The van der Waals surface area contributed by atoms with Gasteiger partial charge in [-0.2, -0.15) is 5.26 Å². The number of terminal acetylenes is 1. The van der Waals surface area contributed by atoms with Gasteiger partial charge in [0, 0.05) is 5.56 Å². The third-order valence-corrected chi connectivity index (χ3v) is 2.01. The molecule has 0 N–H and O–H groups in total. The molecule has 0 aliphatic rings. The molecule has 0 amide bonds. The van der Waals surface area contributed by atoms with Gasteiger partial charge in [0.2, 0.25) is 0 Å². The molecule has 1 aromatic rings. The second-order valence-corrected chi connectivity index (χ2v) is 2.92. The molecule has 3 nitrogen and oxygen atoms in total. The van der Waals surface area contributed by atoms with Gasteiger partial charge in [0.05, 0.1) is 14.2 Å². The lowest BCUT2D eigenvalue weighted by Crippen LogP contribution is -1.90. The molecule has 16 heavy (non-hydrogen) atoms. The van der Waals surface area contributed by atoms with Gasteiger partial charge in [-0.25, -0.2) is 0 Å². The van der Waals surface area contributed by atoms with Gasteiger partial charge in [-0.15, -0.1) is 6.42 Å². The number of methoxy groups -OCH3 is 2. The summed E-state index contributed by atoms with van der Waals surface area (Å²) in [4.78, 5) is 0. The predicted molar refractivity (Wildman–Crippen MR) is 62.0 cm³/mol. The highest BCUT2D eigenvalue weighted by atomic mass is 16.5. The average Bonchev–Trinajstić information content (AvgIpc) is 2.35. The molecule has 0 unspecified atom stereocenters. The fourth-order valence-corrected chi connectivity index (χ4v) is 1.21. The summed E-state index contributed by atoms with van der Waals surface area (Å²) in [6.07, 6.45) is 6.77. The summed E-state index contributed by atoms with van der Waals surface area (Å²) in [6.45, 7) is 0. The topological polar surface area (TPSA) is 42.2 Å². The Morgan fingerprint density at radius 2 is 2.12 bits per heavy atom. The zero-order chi connectivity index (χ0) is 12.0. The van der Waals surface area contributed by atoms with E-state index in [-0.39, 0.29) is 5.57 Å². The minimum absolute atomic E-state index is 0.242. The van der Waals surface area contributed by atoms with Crippen LogP contribution in [0.15, 0.2) is 23.8 Å². The summed E-state index contributed by atoms with van der Waals surface area (Å²) >= 11 is 0. The van der Waals surface area contributed by atoms with Crippen molar-refractivity contribution < 1.29 is 9.47 Å². The second kappa shape index (κ2) is 5.48. The van der Waals surface area contributed by atoms with Crippen molar-refractivity contribution in [2.24, 2.45) is 0 Å². The first-order chi connectivity index (χ1) is 7.74. The standard InChI is InChI=1S/C13H11NO2/c1-4-10(9-14)7-11-8-12(15-2)5-6-13(11)16-3/h1,5-8H,2-3H3/b10-7-. The number of ether oxygens (including phenoxy) is 2. The number of rotatable bonds is 3. The molecule has 0 saturated carbocycles. The molecular weight excluding hydrogens is 202 g/mol. The van der Waals surface area contributed by atoms with Crippen molar-refractivity contribution in [3.8, 4) is 29.9 Å². The summed E-state index contributed by atoms with van der Waals surface area (Å²) < 4.78 is 10.2. The molecule has 0 fully saturated rings. The molecule has 0 atom stereocenters. The first kappa shape index (κ1) is 11.7. The van der Waals surface area contributed by atoms with Crippen LogP contribution in [-0.4, -0.2) is 14.2 Å². The summed E-state index contributed by atoms with van der Waals surface area (Å²) in [6, 6.07) is 7.21. The second-order valence-electron chi connectivity index (χ2n) is 2.92. The molecule has 1 aromatic carbocycles. The van der Waals surface area contributed by atoms with Crippen molar-refractivity contribution in [2.45, 2.75) is 0 Å². The van der Waals surface area contributed by atoms with Crippen LogP contribution in [0.25, 0.3) is 6.08 Å². The minimum Gasteiger partial charge on any atom is -0.497 e. The van der Waals surface area contributed by atoms with E-state index in [1.54, 1.807) is 38.5 Å². The van der Waals surface area contributed by atoms with Gasteiger partial charge in [0.25, 0.3) is 0 Å². The van der Waals surface area contributed by atoms with Crippen LogP contribution in [-0.2, 0) is 0 Å². The van der Waals surface area contributed by atoms with E-state index in [0.717, 1.165) is 5.56 Å². The van der Waals surface area contributed by atoms with Gasteiger partial charge in [0.1, 0.15) is 23.1 Å². The Bertz CT molecular complexity index is 474. The third kappa shape index (κ3) is 2.56. The highest BCUT2D eigenvalue weighted by Gasteiger charge is 2.03. The van der Waals surface area contributed by atoms with E-state index in [1.165, 1.54) is 0 Å². The summed E-state index contributed by atoms with van der Waals surface area (Å²) in [7, 11) is 3.13. The van der Waals surface area contributed by atoms with Crippen LogP contribution in [0, 0.1) is 23.7 Å². The molecule has 0 radical (unpaired) electrons.